The van der Waals surface area contributed by atoms with Gasteiger partial charge in [0.25, 0.3) is 0 Å². The highest BCUT2D eigenvalue weighted by Crippen LogP contribution is 2.32. The van der Waals surface area contributed by atoms with E-state index in [-0.39, 0.29) is 23.0 Å². The number of rotatable bonds is 2. The summed E-state index contributed by atoms with van der Waals surface area (Å²) in [5.41, 5.74) is 0.712. The van der Waals surface area contributed by atoms with E-state index in [0.29, 0.717) is 23.6 Å². The van der Waals surface area contributed by atoms with E-state index < -0.39 is 6.04 Å². The van der Waals surface area contributed by atoms with Crippen molar-refractivity contribution in [3.63, 3.8) is 0 Å². The molecule has 0 aliphatic heterocycles. The van der Waals surface area contributed by atoms with Crippen LogP contribution in [0.2, 0.25) is 5.15 Å². The highest BCUT2D eigenvalue weighted by molar-refractivity contribution is 6.29. The fourth-order valence-corrected chi connectivity index (χ4v) is 2.30. The Morgan fingerprint density at radius 3 is 2.82 bits per heavy atom. The topological polar surface area (TPSA) is 73.1 Å². The molecule has 0 N–H and O–H groups in total. The number of aromatic nitrogens is 1. The molecule has 0 spiro atoms. The van der Waals surface area contributed by atoms with E-state index in [1.54, 1.807) is 12.1 Å². The highest BCUT2D eigenvalue weighted by atomic mass is 35.5. The summed E-state index contributed by atoms with van der Waals surface area (Å²) >= 11 is 5.67. The maximum absolute atomic E-state index is 11.4. The summed E-state index contributed by atoms with van der Waals surface area (Å²) in [6, 6.07) is 2.60. The number of carbonyl (C=O) groups excluding carboxylic acids is 1. The number of carbonyl (C=O) groups is 1. The lowest BCUT2D eigenvalue weighted by atomic mass is 9.80. The first-order valence-corrected chi connectivity index (χ1v) is 5.72. The average Bonchev–Trinajstić information content (AvgIpc) is 2.29. The van der Waals surface area contributed by atoms with Gasteiger partial charge in [0.05, 0.1) is 5.92 Å². The van der Waals surface area contributed by atoms with Gasteiger partial charge in [-0.1, -0.05) is 17.7 Å². The van der Waals surface area contributed by atoms with Gasteiger partial charge in [0.2, 0.25) is 6.04 Å². The smallest absolute Gasteiger partial charge is 0.220 e. The Balaban J connectivity index is 2.28. The van der Waals surface area contributed by atoms with Gasteiger partial charge in [0.15, 0.2) is 0 Å². The van der Waals surface area contributed by atoms with Crippen molar-refractivity contribution >= 4 is 17.4 Å². The fraction of sp³-hybridized carbons (Fsp3) is 0.455. The molecular formula is C11H11ClN2O3. The molecule has 1 aromatic rings. The third-order valence-corrected chi connectivity index (χ3v) is 3.30. The van der Waals surface area contributed by atoms with Crippen LogP contribution in [0, 0.1) is 10.1 Å². The lowest BCUT2D eigenvalue weighted by Gasteiger charge is -2.24. The predicted octanol–water partition coefficient (Wildman–Crippen LogP) is 2.22. The normalized spacial score (nSPS) is 24.6. The Morgan fingerprint density at radius 1 is 1.47 bits per heavy atom. The summed E-state index contributed by atoms with van der Waals surface area (Å²) in [6.07, 6.45) is 2.33. The number of nitrogens with zero attached hydrogens (tertiary/aromatic N) is 2. The molecule has 1 saturated carbocycles. The molecule has 1 aliphatic carbocycles. The van der Waals surface area contributed by atoms with Crippen LogP contribution in [0.5, 0.6) is 0 Å². The van der Waals surface area contributed by atoms with E-state index >= 15 is 0 Å². The zero-order valence-corrected chi connectivity index (χ0v) is 9.76. The quantitative estimate of drug-likeness (QED) is 0.461. The maximum Gasteiger partial charge on any atom is 0.220 e. The van der Waals surface area contributed by atoms with E-state index in [2.05, 4.69) is 4.98 Å². The SMILES string of the molecule is O=C1CC[C@@H]([N+](=O)[O-])[C@H](c2ccc(Cl)nc2)C1. The summed E-state index contributed by atoms with van der Waals surface area (Å²) in [5, 5.41) is 11.3. The van der Waals surface area contributed by atoms with Crippen LogP contribution in [0.3, 0.4) is 0 Å². The van der Waals surface area contributed by atoms with Crippen molar-refractivity contribution in [2.75, 3.05) is 0 Å². The molecule has 0 aromatic carbocycles. The lowest BCUT2D eigenvalue weighted by molar-refractivity contribution is -0.528. The fourth-order valence-electron chi connectivity index (χ4n) is 2.19. The van der Waals surface area contributed by atoms with Crippen molar-refractivity contribution in [2.24, 2.45) is 0 Å². The molecule has 0 saturated heterocycles. The Labute approximate surface area is 103 Å². The molecule has 1 fully saturated rings. The van der Waals surface area contributed by atoms with Crippen LogP contribution < -0.4 is 0 Å². The van der Waals surface area contributed by atoms with Gasteiger partial charge < -0.3 is 0 Å². The molecule has 17 heavy (non-hydrogen) atoms. The highest BCUT2D eigenvalue weighted by Gasteiger charge is 2.38. The first-order chi connectivity index (χ1) is 8.08. The minimum absolute atomic E-state index is 0.0723. The first kappa shape index (κ1) is 12.0. The molecular weight excluding hydrogens is 244 g/mol. The maximum atomic E-state index is 11.4. The van der Waals surface area contributed by atoms with Gasteiger partial charge in [-0.05, 0) is 11.6 Å². The van der Waals surface area contributed by atoms with Gasteiger partial charge in [-0.15, -0.1) is 0 Å². The second-order valence-corrected chi connectivity index (χ2v) is 4.54. The molecule has 2 rings (SSSR count). The van der Waals surface area contributed by atoms with Crippen molar-refractivity contribution in [1.82, 2.24) is 4.98 Å². The zero-order valence-electron chi connectivity index (χ0n) is 9.01. The first-order valence-electron chi connectivity index (χ1n) is 5.34. The van der Waals surface area contributed by atoms with E-state index in [0.717, 1.165) is 0 Å². The van der Waals surface area contributed by atoms with Crippen molar-refractivity contribution in [3.05, 3.63) is 39.2 Å². The number of Topliss-reactive ketones (excluding diaryl/α,β-unsaturated/α-hetero) is 1. The van der Waals surface area contributed by atoms with Crippen LogP contribution in [0.15, 0.2) is 18.3 Å². The van der Waals surface area contributed by atoms with E-state index in [1.165, 1.54) is 6.20 Å². The van der Waals surface area contributed by atoms with Crippen LogP contribution in [-0.2, 0) is 4.79 Å². The number of hydrogen-bond acceptors (Lipinski definition) is 4. The predicted molar refractivity (Wildman–Crippen MR) is 61.6 cm³/mol. The Kier molecular flexibility index (Phi) is 3.38. The summed E-state index contributed by atoms with van der Waals surface area (Å²) in [5.74, 6) is -0.306. The van der Waals surface area contributed by atoms with Crippen LogP contribution in [0.1, 0.15) is 30.7 Å². The summed E-state index contributed by atoms with van der Waals surface area (Å²) in [6.45, 7) is 0. The Bertz CT molecular complexity index is 447. The van der Waals surface area contributed by atoms with Crippen LogP contribution >= 0.6 is 11.6 Å². The third kappa shape index (κ3) is 2.61. The van der Waals surface area contributed by atoms with Crippen LogP contribution in [-0.4, -0.2) is 21.7 Å². The number of halogens is 1. The van der Waals surface area contributed by atoms with Gasteiger partial charge >= 0.3 is 0 Å². The second kappa shape index (κ2) is 4.79. The van der Waals surface area contributed by atoms with Crippen molar-refractivity contribution in [1.29, 1.82) is 0 Å². The van der Waals surface area contributed by atoms with Crippen LogP contribution in [0.4, 0.5) is 0 Å². The molecule has 2 atom stereocenters. The standard InChI is InChI=1S/C11H11ClN2O3/c12-11-4-1-7(6-13-11)9-5-8(15)2-3-10(9)14(16)17/h1,4,6,9-10H,2-3,5H2/t9-,10+/m0/s1. The van der Waals surface area contributed by atoms with Gasteiger partial charge in [-0.3, -0.25) is 14.9 Å². The molecule has 1 heterocycles. The molecule has 0 unspecified atom stereocenters. The van der Waals surface area contributed by atoms with Gasteiger partial charge in [-0.25, -0.2) is 4.98 Å². The monoisotopic (exact) mass is 254 g/mol. The molecule has 1 aromatic heterocycles. The summed E-state index contributed by atoms with van der Waals surface area (Å²) in [4.78, 5) is 26.0. The summed E-state index contributed by atoms with van der Waals surface area (Å²) < 4.78 is 0. The molecule has 0 bridgehead atoms. The number of pyridine rings is 1. The van der Waals surface area contributed by atoms with Crippen LogP contribution in [0.25, 0.3) is 0 Å². The lowest BCUT2D eigenvalue weighted by Crippen LogP contribution is -2.34. The van der Waals surface area contributed by atoms with E-state index in [1.807, 2.05) is 0 Å². The largest absolute Gasteiger partial charge is 0.300 e. The molecule has 1 aliphatic rings. The molecule has 6 heteroatoms. The zero-order chi connectivity index (χ0) is 12.4. The van der Waals surface area contributed by atoms with Crippen molar-refractivity contribution < 1.29 is 9.72 Å². The molecule has 0 radical (unpaired) electrons. The van der Waals surface area contributed by atoms with E-state index in [9.17, 15) is 14.9 Å². The third-order valence-electron chi connectivity index (χ3n) is 3.08. The molecule has 0 amide bonds. The van der Waals surface area contributed by atoms with Gasteiger partial charge in [-0.2, -0.15) is 0 Å². The van der Waals surface area contributed by atoms with E-state index in [4.69, 9.17) is 11.6 Å². The molecule has 5 nitrogen and oxygen atoms in total. The minimum Gasteiger partial charge on any atom is -0.300 e. The second-order valence-electron chi connectivity index (χ2n) is 4.15. The Hall–Kier alpha value is -1.49. The number of hydrogen-bond donors (Lipinski definition) is 0. The average molecular weight is 255 g/mol. The van der Waals surface area contributed by atoms with Gasteiger partial charge in [0, 0.05) is 30.4 Å². The van der Waals surface area contributed by atoms with Crippen molar-refractivity contribution in [2.45, 2.75) is 31.2 Å². The Morgan fingerprint density at radius 2 is 2.24 bits per heavy atom. The number of nitro groups is 1. The van der Waals surface area contributed by atoms with Gasteiger partial charge in [0.1, 0.15) is 10.9 Å². The summed E-state index contributed by atoms with van der Waals surface area (Å²) in [7, 11) is 0. The molecule has 90 valence electrons. The minimum atomic E-state index is -0.698. The van der Waals surface area contributed by atoms with Crippen molar-refractivity contribution in [3.8, 4) is 0 Å². The number of ketones is 1.